The van der Waals surface area contributed by atoms with Gasteiger partial charge in [0.25, 0.3) is 0 Å². The lowest BCUT2D eigenvalue weighted by Gasteiger charge is -2.16. The summed E-state index contributed by atoms with van der Waals surface area (Å²) < 4.78 is 37.6. The van der Waals surface area contributed by atoms with Crippen molar-refractivity contribution in [2.24, 2.45) is 5.73 Å². The van der Waals surface area contributed by atoms with Crippen LogP contribution in [0.1, 0.15) is 36.1 Å². The van der Waals surface area contributed by atoms with Gasteiger partial charge in [-0.1, -0.05) is 37.3 Å². The van der Waals surface area contributed by atoms with Gasteiger partial charge in [0, 0.05) is 41.3 Å². The first-order valence-corrected chi connectivity index (χ1v) is 12.3. The number of benzene rings is 3. The molecule has 3 aromatic carbocycles. The Morgan fingerprint density at radius 3 is 2.65 bits per heavy atom. The van der Waals surface area contributed by atoms with Crippen molar-refractivity contribution in [1.29, 1.82) is 0 Å². The van der Waals surface area contributed by atoms with Crippen LogP contribution < -0.4 is 10.5 Å². The molecule has 1 heterocycles. The zero-order valence-electron chi connectivity index (χ0n) is 21.4. The number of hydrogen-bond donors (Lipinski definition) is 1. The van der Waals surface area contributed by atoms with Crippen molar-refractivity contribution >= 4 is 16.9 Å². The minimum absolute atomic E-state index is 0.0799. The first kappa shape index (κ1) is 26.4. The van der Waals surface area contributed by atoms with Crippen molar-refractivity contribution < 1.29 is 27.8 Å². The Bertz CT molecular complexity index is 1380. The Morgan fingerprint density at radius 2 is 1.89 bits per heavy atom. The third kappa shape index (κ3) is 6.18. The summed E-state index contributed by atoms with van der Waals surface area (Å²) in [5.74, 6) is -0.100. The lowest BCUT2D eigenvalue weighted by Crippen LogP contribution is -2.21. The number of hydrogen-bond acceptors (Lipinski definition) is 6. The highest BCUT2D eigenvalue weighted by Crippen LogP contribution is 2.34. The highest BCUT2D eigenvalue weighted by Gasteiger charge is 2.17. The number of furan rings is 1. The molecule has 0 spiro atoms. The summed E-state index contributed by atoms with van der Waals surface area (Å²) in [7, 11) is 1.56. The van der Waals surface area contributed by atoms with E-state index >= 15 is 4.39 Å². The smallest absolute Gasteiger partial charge is 0.310 e. The van der Waals surface area contributed by atoms with Crippen LogP contribution in [0.5, 0.6) is 5.75 Å². The van der Waals surface area contributed by atoms with Crippen molar-refractivity contribution in [3.05, 3.63) is 88.9 Å². The fraction of sp³-hybridized carbons (Fsp3) is 0.300. The minimum Gasteiger partial charge on any atom is -0.489 e. The SMILES string of the molecule is CCc1ccc(CC(=O)OC(C)COC)c(OCc2cc(-c3cccc(CN)c3F)c3occc3c2)c1. The molecule has 0 bridgehead atoms. The van der Waals surface area contributed by atoms with Crippen molar-refractivity contribution in [1.82, 2.24) is 0 Å². The number of rotatable bonds is 11. The van der Waals surface area contributed by atoms with Gasteiger partial charge < -0.3 is 24.4 Å². The molecule has 0 radical (unpaired) electrons. The highest BCUT2D eigenvalue weighted by molar-refractivity contribution is 5.93. The van der Waals surface area contributed by atoms with Crippen LogP contribution in [-0.4, -0.2) is 25.8 Å². The second-order valence-electron chi connectivity index (χ2n) is 8.98. The average Bonchev–Trinajstić information content (AvgIpc) is 3.36. The molecular formula is C30H32FNO5. The Hall–Kier alpha value is -3.68. The normalized spacial score (nSPS) is 12.0. The molecule has 194 valence electrons. The van der Waals surface area contributed by atoms with Gasteiger partial charge in [-0.25, -0.2) is 4.39 Å². The molecule has 0 fully saturated rings. The molecule has 0 aliphatic carbocycles. The molecule has 0 saturated heterocycles. The van der Waals surface area contributed by atoms with Gasteiger partial charge in [-0.05, 0) is 48.7 Å². The van der Waals surface area contributed by atoms with Crippen LogP contribution >= 0.6 is 0 Å². The maximum atomic E-state index is 15.2. The summed E-state index contributed by atoms with van der Waals surface area (Å²) in [5.41, 5.74) is 10.5. The number of fused-ring (bicyclic) bond motifs is 1. The fourth-order valence-electron chi connectivity index (χ4n) is 4.32. The number of esters is 1. The standard InChI is InChI=1S/C30H32FNO5/c1-4-20-8-9-22(15-28(33)37-19(2)17-34-3)27(14-20)36-18-21-12-23-10-11-35-30(23)26(13-21)25-7-5-6-24(16-32)29(25)31/h5-14,19H,4,15-18,32H2,1-3H3. The number of carbonyl (C=O) groups excluding carboxylic acids is 1. The molecule has 0 aliphatic rings. The zero-order chi connectivity index (χ0) is 26.4. The van der Waals surface area contributed by atoms with E-state index in [2.05, 4.69) is 6.92 Å². The molecular weight excluding hydrogens is 473 g/mol. The average molecular weight is 506 g/mol. The number of aryl methyl sites for hydroxylation is 1. The Kier molecular flexibility index (Phi) is 8.58. The molecule has 0 aliphatic heterocycles. The molecule has 0 saturated carbocycles. The number of methoxy groups -OCH3 is 1. The van der Waals surface area contributed by atoms with Crippen molar-refractivity contribution in [2.75, 3.05) is 13.7 Å². The number of halogens is 1. The molecule has 4 aromatic rings. The second-order valence-corrected chi connectivity index (χ2v) is 8.98. The Labute approximate surface area is 216 Å². The van der Waals surface area contributed by atoms with E-state index in [4.69, 9.17) is 24.4 Å². The Morgan fingerprint density at radius 1 is 1.05 bits per heavy atom. The monoisotopic (exact) mass is 505 g/mol. The van der Waals surface area contributed by atoms with Gasteiger partial charge in [-0.2, -0.15) is 0 Å². The van der Waals surface area contributed by atoms with Crippen LogP contribution in [0.2, 0.25) is 0 Å². The van der Waals surface area contributed by atoms with Gasteiger partial charge in [0.05, 0.1) is 19.3 Å². The predicted octanol–water partition coefficient (Wildman–Crippen LogP) is 5.96. The largest absolute Gasteiger partial charge is 0.489 e. The lowest BCUT2D eigenvalue weighted by atomic mass is 9.98. The summed E-state index contributed by atoms with van der Waals surface area (Å²) in [6.07, 6.45) is 2.15. The quantitative estimate of drug-likeness (QED) is 0.253. The molecule has 1 aromatic heterocycles. The molecule has 1 atom stereocenters. The van der Waals surface area contributed by atoms with E-state index in [1.54, 1.807) is 38.5 Å². The maximum absolute atomic E-state index is 15.2. The molecule has 37 heavy (non-hydrogen) atoms. The van der Waals surface area contributed by atoms with Gasteiger partial charge in [0.15, 0.2) is 0 Å². The van der Waals surface area contributed by atoms with Gasteiger partial charge in [0.1, 0.15) is 29.9 Å². The van der Waals surface area contributed by atoms with Crippen molar-refractivity contribution in [3.8, 4) is 16.9 Å². The molecule has 6 nitrogen and oxygen atoms in total. The molecule has 7 heteroatoms. The van der Waals surface area contributed by atoms with E-state index in [0.717, 1.165) is 28.5 Å². The first-order chi connectivity index (χ1) is 17.9. The summed E-state index contributed by atoms with van der Waals surface area (Å²) in [6.45, 7) is 4.50. The molecule has 0 amide bonds. The van der Waals surface area contributed by atoms with E-state index in [9.17, 15) is 4.79 Å². The van der Waals surface area contributed by atoms with Crippen LogP contribution in [0.3, 0.4) is 0 Å². The summed E-state index contributed by atoms with van der Waals surface area (Å²) in [5, 5.41) is 0.840. The third-order valence-electron chi connectivity index (χ3n) is 6.20. The van der Waals surface area contributed by atoms with E-state index in [1.165, 1.54) is 0 Å². The van der Waals surface area contributed by atoms with Crippen LogP contribution in [0.15, 0.2) is 65.3 Å². The number of ether oxygens (including phenoxy) is 3. The fourth-order valence-corrected chi connectivity index (χ4v) is 4.32. The van der Waals surface area contributed by atoms with E-state index in [-0.39, 0.29) is 37.5 Å². The number of nitrogens with two attached hydrogens (primary N) is 1. The lowest BCUT2D eigenvalue weighted by molar-refractivity contribution is -0.149. The third-order valence-corrected chi connectivity index (χ3v) is 6.20. The number of carbonyl (C=O) groups is 1. The van der Waals surface area contributed by atoms with E-state index < -0.39 is 0 Å². The predicted molar refractivity (Wildman–Crippen MR) is 141 cm³/mol. The van der Waals surface area contributed by atoms with Gasteiger partial charge in [-0.3, -0.25) is 4.79 Å². The highest BCUT2D eigenvalue weighted by atomic mass is 19.1. The van der Waals surface area contributed by atoms with Crippen molar-refractivity contribution in [2.45, 2.75) is 45.9 Å². The maximum Gasteiger partial charge on any atom is 0.310 e. The second kappa shape index (κ2) is 12.0. The van der Waals surface area contributed by atoms with E-state index in [0.29, 0.717) is 34.6 Å². The Balaban J connectivity index is 1.61. The van der Waals surface area contributed by atoms with Crippen LogP contribution in [-0.2, 0) is 40.3 Å². The summed E-state index contributed by atoms with van der Waals surface area (Å²) in [4.78, 5) is 12.5. The summed E-state index contributed by atoms with van der Waals surface area (Å²) >= 11 is 0. The summed E-state index contributed by atoms with van der Waals surface area (Å²) in [6, 6.07) is 16.7. The van der Waals surface area contributed by atoms with Crippen LogP contribution in [0.4, 0.5) is 4.39 Å². The molecule has 4 rings (SSSR count). The van der Waals surface area contributed by atoms with Gasteiger partial charge >= 0.3 is 5.97 Å². The molecule has 1 unspecified atom stereocenters. The van der Waals surface area contributed by atoms with Crippen LogP contribution in [0, 0.1) is 5.82 Å². The minimum atomic E-state index is -0.361. The van der Waals surface area contributed by atoms with Gasteiger partial charge in [-0.15, -0.1) is 0 Å². The van der Waals surface area contributed by atoms with Crippen molar-refractivity contribution in [3.63, 3.8) is 0 Å². The van der Waals surface area contributed by atoms with E-state index in [1.807, 2.05) is 36.4 Å². The molecule has 2 N–H and O–H groups in total. The topological polar surface area (TPSA) is 83.9 Å². The van der Waals surface area contributed by atoms with Gasteiger partial charge in [0.2, 0.25) is 0 Å². The zero-order valence-corrected chi connectivity index (χ0v) is 21.4. The first-order valence-electron chi connectivity index (χ1n) is 12.3. The van der Waals surface area contributed by atoms with Crippen LogP contribution in [0.25, 0.3) is 22.1 Å².